The highest BCUT2D eigenvalue weighted by Crippen LogP contribution is 2.16. The van der Waals surface area contributed by atoms with Crippen LogP contribution in [0.5, 0.6) is 0 Å². The van der Waals surface area contributed by atoms with E-state index in [9.17, 15) is 10.1 Å². The second-order valence-corrected chi connectivity index (χ2v) is 2.43. The maximum atomic E-state index is 10.2. The number of nitrogens with zero attached hydrogens (tertiary/aromatic N) is 2. The van der Waals surface area contributed by atoms with Crippen LogP contribution >= 0.6 is 11.6 Å². The molecular weight excluding hydrogens is 192 g/mol. The summed E-state index contributed by atoms with van der Waals surface area (Å²) in [5.41, 5.74) is 0.520. The van der Waals surface area contributed by atoms with E-state index in [1.54, 1.807) is 6.92 Å². The first-order valence-electron chi connectivity index (χ1n) is 3.88. The molecule has 5 heteroatoms. The first-order chi connectivity index (χ1) is 6.09. The molecule has 13 heavy (non-hydrogen) atoms. The molecule has 0 saturated carbocycles. The summed E-state index contributed by atoms with van der Waals surface area (Å²) in [4.78, 5) is 13.5. The van der Waals surface area contributed by atoms with Crippen molar-refractivity contribution in [3.05, 3.63) is 33.1 Å². The van der Waals surface area contributed by atoms with Crippen molar-refractivity contribution < 1.29 is 4.92 Å². The SMILES string of the molecule is CC.Cc1cc([N+](=O)[O-])cc(Cl)n1. The van der Waals surface area contributed by atoms with Crippen molar-refractivity contribution in [2.45, 2.75) is 20.8 Å². The summed E-state index contributed by atoms with van der Waals surface area (Å²) >= 11 is 5.48. The summed E-state index contributed by atoms with van der Waals surface area (Å²) in [6, 6.07) is 2.58. The monoisotopic (exact) mass is 202 g/mol. The van der Waals surface area contributed by atoms with E-state index in [-0.39, 0.29) is 10.8 Å². The first kappa shape index (κ1) is 11.8. The Bertz CT molecular complexity index is 282. The van der Waals surface area contributed by atoms with Gasteiger partial charge in [0.05, 0.1) is 11.0 Å². The van der Waals surface area contributed by atoms with Gasteiger partial charge in [-0.15, -0.1) is 0 Å². The summed E-state index contributed by atoms with van der Waals surface area (Å²) in [6.45, 7) is 5.65. The lowest BCUT2D eigenvalue weighted by molar-refractivity contribution is -0.385. The predicted octanol–water partition coefficient (Wildman–Crippen LogP) is 2.98. The average Bonchev–Trinajstić information content (AvgIpc) is 2.06. The zero-order valence-electron chi connectivity index (χ0n) is 7.74. The molecule has 0 N–H and O–H groups in total. The van der Waals surface area contributed by atoms with Crippen LogP contribution in [0.1, 0.15) is 19.5 Å². The smallest absolute Gasteiger partial charge is 0.258 e. The maximum absolute atomic E-state index is 10.2. The molecule has 0 bridgehead atoms. The summed E-state index contributed by atoms with van der Waals surface area (Å²) in [6.07, 6.45) is 0. The summed E-state index contributed by atoms with van der Waals surface area (Å²) in [5, 5.41) is 10.4. The summed E-state index contributed by atoms with van der Waals surface area (Å²) < 4.78 is 0. The van der Waals surface area contributed by atoms with Crippen molar-refractivity contribution in [1.82, 2.24) is 4.98 Å². The molecule has 0 unspecified atom stereocenters. The standard InChI is InChI=1S/C6H5ClN2O2.C2H6/c1-4-2-5(9(10)11)3-6(7)8-4;1-2/h2-3H,1H3;1-2H3. The quantitative estimate of drug-likeness (QED) is 0.400. The molecule has 0 amide bonds. The van der Waals surface area contributed by atoms with Crippen molar-refractivity contribution in [2.75, 3.05) is 0 Å². The van der Waals surface area contributed by atoms with Crippen molar-refractivity contribution in [3.63, 3.8) is 0 Å². The van der Waals surface area contributed by atoms with Gasteiger partial charge in [-0.1, -0.05) is 25.4 Å². The fourth-order valence-corrected chi connectivity index (χ4v) is 0.961. The van der Waals surface area contributed by atoms with Gasteiger partial charge in [-0.2, -0.15) is 0 Å². The Hall–Kier alpha value is -1.16. The Balaban J connectivity index is 0.000000671. The lowest BCUT2D eigenvalue weighted by Gasteiger charge is -1.93. The molecule has 0 aromatic carbocycles. The van der Waals surface area contributed by atoms with Crippen molar-refractivity contribution >= 4 is 17.3 Å². The lowest BCUT2D eigenvalue weighted by atomic mass is 10.3. The molecule has 0 aliphatic rings. The second-order valence-electron chi connectivity index (χ2n) is 2.05. The van der Waals surface area contributed by atoms with Crippen LogP contribution < -0.4 is 0 Å². The highest BCUT2D eigenvalue weighted by atomic mass is 35.5. The van der Waals surface area contributed by atoms with E-state index >= 15 is 0 Å². The number of rotatable bonds is 1. The number of pyridine rings is 1. The fourth-order valence-electron chi connectivity index (χ4n) is 0.716. The van der Waals surface area contributed by atoms with Crippen LogP contribution in [0.15, 0.2) is 12.1 Å². The largest absolute Gasteiger partial charge is 0.274 e. The molecule has 0 radical (unpaired) electrons. The number of aromatic nitrogens is 1. The van der Waals surface area contributed by atoms with Gasteiger partial charge >= 0.3 is 0 Å². The van der Waals surface area contributed by atoms with Gasteiger partial charge in [-0.25, -0.2) is 4.98 Å². The Morgan fingerprint density at radius 1 is 1.46 bits per heavy atom. The predicted molar refractivity (Wildman–Crippen MR) is 52.0 cm³/mol. The first-order valence-corrected chi connectivity index (χ1v) is 4.26. The van der Waals surface area contributed by atoms with Gasteiger partial charge in [0, 0.05) is 11.8 Å². The van der Waals surface area contributed by atoms with Crippen LogP contribution in [0.3, 0.4) is 0 Å². The minimum absolute atomic E-state index is 0.0255. The van der Waals surface area contributed by atoms with Gasteiger partial charge in [0.25, 0.3) is 5.69 Å². The third-order valence-corrected chi connectivity index (χ3v) is 1.31. The molecule has 0 fully saturated rings. The second kappa shape index (κ2) is 5.48. The molecule has 0 aliphatic heterocycles. The number of hydrogen-bond donors (Lipinski definition) is 0. The van der Waals surface area contributed by atoms with E-state index in [0.29, 0.717) is 5.69 Å². The van der Waals surface area contributed by atoms with Crippen molar-refractivity contribution in [1.29, 1.82) is 0 Å². The highest BCUT2D eigenvalue weighted by molar-refractivity contribution is 6.29. The van der Waals surface area contributed by atoms with E-state index in [1.165, 1.54) is 12.1 Å². The number of halogens is 1. The van der Waals surface area contributed by atoms with Crippen molar-refractivity contribution in [2.24, 2.45) is 0 Å². The van der Waals surface area contributed by atoms with Crippen LogP contribution in [0, 0.1) is 17.0 Å². The van der Waals surface area contributed by atoms with E-state index in [2.05, 4.69) is 4.98 Å². The molecular formula is C8H11ClN2O2. The third kappa shape index (κ3) is 3.85. The van der Waals surface area contributed by atoms with Crippen LogP contribution in [-0.4, -0.2) is 9.91 Å². The van der Waals surface area contributed by atoms with E-state index in [0.717, 1.165) is 0 Å². The lowest BCUT2D eigenvalue weighted by Crippen LogP contribution is -1.90. The van der Waals surface area contributed by atoms with Crippen LogP contribution in [0.2, 0.25) is 5.15 Å². The van der Waals surface area contributed by atoms with Gasteiger partial charge in [0.15, 0.2) is 0 Å². The van der Waals surface area contributed by atoms with Gasteiger partial charge in [0.1, 0.15) is 5.15 Å². The Morgan fingerprint density at radius 2 is 2.00 bits per heavy atom. The Morgan fingerprint density at radius 3 is 2.38 bits per heavy atom. The zero-order valence-corrected chi connectivity index (χ0v) is 8.50. The van der Waals surface area contributed by atoms with Crippen LogP contribution in [0.25, 0.3) is 0 Å². The topological polar surface area (TPSA) is 56.0 Å². The van der Waals surface area contributed by atoms with Crippen molar-refractivity contribution in [3.8, 4) is 0 Å². The molecule has 0 saturated heterocycles. The van der Waals surface area contributed by atoms with E-state index in [4.69, 9.17) is 11.6 Å². The molecule has 0 aliphatic carbocycles. The summed E-state index contributed by atoms with van der Waals surface area (Å²) in [7, 11) is 0. The van der Waals surface area contributed by atoms with Gasteiger partial charge < -0.3 is 0 Å². The number of nitro groups is 1. The van der Waals surface area contributed by atoms with Gasteiger partial charge in [-0.05, 0) is 6.92 Å². The van der Waals surface area contributed by atoms with Crippen LogP contribution in [0.4, 0.5) is 5.69 Å². The molecule has 0 spiro atoms. The minimum atomic E-state index is -0.499. The Labute approximate surface area is 81.7 Å². The number of hydrogen-bond acceptors (Lipinski definition) is 3. The Kier molecular flexibility index (Phi) is 4.99. The molecule has 4 nitrogen and oxygen atoms in total. The molecule has 0 atom stereocenters. The zero-order chi connectivity index (χ0) is 10.4. The summed E-state index contributed by atoms with van der Waals surface area (Å²) in [5.74, 6) is 0. The molecule has 72 valence electrons. The average molecular weight is 203 g/mol. The van der Waals surface area contributed by atoms with E-state index in [1.807, 2.05) is 13.8 Å². The number of aryl methyl sites for hydroxylation is 1. The highest BCUT2D eigenvalue weighted by Gasteiger charge is 2.06. The van der Waals surface area contributed by atoms with Gasteiger partial charge in [0.2, 0.25) is 0 Å². The molecule has 1 heterocycles. The van der Waals surface area contributed by atoms with E-state index < -0.39 is 4.92 Å². The van der Waals surface area contributed by atoms with Gasteiger partial charge in [-0.3, -0.25) is 10.1 Å². The maximum Gasteiger partial charge on any atom is 0.274 e. The molecule has 1 aromatic rings. The minimum Gasteiger partial charge on any atom is -0.258 e. The molecule has 1 rings (SSSR count). The van der Waals surface area contributed by atoms with Crippen LogP contribution in [-0.2, 0) is 0 Å². The normalized spacial score (nSPS) is 8.62. The fraction of sp³-hybridized carbons (Fsp3) is 0.375. The third-order valence-electron chi connectivity index (χ3n) is 1.12. The molecule has 1 aromatic heterocycles.